The van der Waals surface area contributed by atoms with Gasteiger partial charge in [-0.3, -0.25) is 4.79 Å². The third-order valence-corrected chi connectivity index (χ3v) is 10.3. The predicted molar refractivity (Wildman–Crippen MR) is 150 cm³/mol. The van der Waals surface area contributed by atoms with E-state index in [4.69, 9.17) is 0 Å². The number of nitrogens with zero attached hydrogens (tertiary/aromatic N) is 5. The number of pyridine rings is 1. The van der Waals surface area contributed by atoms with Gasteiger partial charge in [0.05, 0.1) is 17.0 Å². The quantitative estimate of drug-likeness (QED) is 0.275. The van der Waals surface area contributed by atoms with Gasteiger partial charge in [0.15, 0.2) is 17.3 Å². The first-order valence-electron chi connectivity index (χ1n) is 13.7. The molecule has 3 aliphatic carbocycles. The number of alkyl halides is 2. The summed E-state index contributed by atoms with van der Waals surface area (Å²) in [7, 11) is -4.18. The Hall–Kier alpha value is -4.46. The van der Waals surface area contributed by atoms with E-state index in [1.165, 1.54) is 22.8 Å². The van der Waals surface area contributed by atoms with E-state index < -0.39 is 57.9 Å². The van der Waals surface area contributed by atoms with Crippen LogP contribution in [0.5, 0.6) is 0 Å². The highest BCUT2D eigenvalue weighted by Gasteiger charge is 2.60. The second-order valence-electron chi connectivity index (χ2n) is 11.2. The maximum absolute atomic E-state index is 15.0. The van der Waals surface area contributed by atoms with Crippen LogP contribution in [0.4, 0.5) is 19.0 Å². The molecule has 4 atom stereocenters. The fraction of sp³-hybridized carbons (Fsp3) is 0.310. The number of carbonyl (C=O) groups is 1. The highest BCUT2D eigenvalue weighted by atomic mass is 32.2. The number of carboxylic acid groups (broad SMARTS) is 1. The first kappa shape index (κ1) is 27.4. The molecular formula is C29H25F3N6O4S. The number of halogens is 3. The van der Waals surface area contributed by atoms with Gasteiger partial charge in [-0.15, -0.1) is 5.10 Å². The van der Waals surface area contributed by atoms with Crippen LogP contribution < -0.4 is 5.32 Å². The van der Waals surface area contributed by atoms with Crippen molar-refractivity contribution in [1.82, 2.24) is 23.6 Å². The van der Waals surface area contributed by atoms with Crippen LogP contribution in [0.2, 0.25) is 0 Å². The number of fused-ring (bicyclic) bond motifs is 5. The number of aliphatic carboxylic acids is 1. The number of benzene rings is 1. The number of hydrogen-bond donors (Lipinski definition) is 2. The van der Waals surface area contributed by atoms with Crippen molar-refractivity contribution >= 4 is 38.4 Å². The van der Waals surface area contributed by atoms with Gasteiger partial charge in [0.25, 0.3) is 15.9 Å². The average molecular weight is 611 g/mol. The molecule has 3 saturated carbocycles. The largest absolute Gasteiger partial charge is 0.481 e. The van der Waals surface area contributed by atoms with E-state index >= 15 is 8.78 Å². The Morgan fingerprint density at radius 1 is 1.16 bits per heavy atom. The van der Waals surface area contributed by atoms with Crippen molar-refractivity contribution < 1.29 is 31.5 Å². The van der Waals surface area contributed by atoms with E-state index in [2.05, 4.69) is 20.4 Å². The second kappa shape index (κ2) is 9.53. The first-order chi connectivity index (χ1) is 20.4. The minimum absolute atomic E-state index is 0.00944. The van der Waals surface area contributed by atoms with E-state index in [-0.39, 0.29) is 39.6 Å². The van der Waals surface area contributed by atoms with Crippen molar-refractivity contribution in [2.45, 2.75) is 43.0 Å². The maximum atomic E-state index is 15.0. The topological polar surface area (TPSA) is 131 Å². The van der Waals surface area contributed by atoms with Gasteiger partial charge in [-0.25, -0.2) is 40.0 Å². The molecule has 1 aromatic carbocycles. The van der Waals surface area contributed by atoms with E-state index in [0.29, 0.717) is 11.9 Å². The molecule has 10 nitrogen and oxygen atoms in total. The van der Waals surface area contributed by atoms with E-state index in [0.717, 1.165) is 21.8 Å². The van der Waals surface area contributed by atoms with Crippen molar-refractivity contribution in [2.24, 2.45) is 17.8 Å². The Bertz CT molecular complexity index is 2030. The molecule has 4 aromatic heterocycles. The number of carboxylic acids is 1. The molecule has 0 spiro atoms. The van der Waals surface area contributed by atoms with Crippen molar-refractivity contribution in [3.05, 3.63) is 72.4 Å². The van der Waals surface area contributed by atoms with Gasteiger partial charge in [-0.1, -0.05) is 17.7 Å². The van der Waals surface area contributed by atoms with Crippen LogP contribution in [0, 0.1) is 30.5 Å². The second-order valence-corrected chi connectivity index (χ2v) is 13.1. The highest BCUT2D eigenvalue weighted by molar-refractivity contribution is 7.90. The predicted octanol–water partition coefficient (Wildman–Crippen LogP) is 4.98. The molecule has 0 unspecified atom stereocenters. The summed E-state index contributed by atoms with van der Waals surface area (Å²) in [5.41, 5.74) is 1.33. The molecule has 43 heavy (non-hydrogen) atoms. The fourth-order valence-corrected chi connectivity index (χ4v) is 7.92. The van der Waals surface area contributed by atoms with Gasteiger partial charge in [0.2, 0.25) is 0 Å². The Morgan fingerprint density at radius 3 is 2.65 bits per heavy atom. The van der Waals surface area contributed by atoms with Crippen LogP contribution in [-0.4, -0.2) is 55.0 Å². The molecule has 3 fully saturated rings. The Morgan fingerprint density at radius 2 is 1.93 bits per heavy atom. The Labute approximate surface area is 243 Å². The van der Waals surface area contributed by atoms with Crippen LogP contribution in [-0.2, 0) is 14.8 Å². The molecule has 3 aliphatic rings. The smallest absolute Gasteiger partial charge is 0.308 e. The van der Waals surface area contributed by atoms with Crippen LogP contribution in [0.25, 0.3) is 27.9 Å². The standard InChI is InChI=1S/C29H25F3N6O4S/c1-15-4-7-18(8-5-15)43(41,42)38-14-20(19-11-17(30)13-33-27(19)38)25-35-26(22-3-2-10-37(22)36-25)34-24-21-9-6-16(12-29(21,31)32)23(24)28(39)40/h2-5,7-8,10-11,13-14,16,21,23-24H,6,9,12H2,1H3,(H,39,40)(H,34,35,36)/t16-,21-,23-,24-/m0/s1. The number of aromatic nitrogens is 5. The molecule has 0 aliphatic heterocycles. The molecule has 8 rings (SSSR count). The first-order valence-corrected chi connectivity index (χ1v) is 15.1. The number of rotatable bonds is 6. The van der Waals surface area contributed by atoms with Crippen molar-refractivity contribution in [3.8, 4) is 11.4 Å². The number of aryl methyl sites for hydroxylation is 1. The van der Waals surface area contributed by atoms with Crippen molar-refractivity contribution in [1.29, 1.82) is 0 Å². The van der Waals surface area contributed by atoms with Crippen LogP contribution in [0.15, 0.2) is 66.0 Å². The summed E-state index contributed by atoms with van der Waals surface area (Å²) in [6, 6.07) is 9.53. The normalized spacial score (nSPS) is 23.2. The van der Waals surface area contributed by atoms with Gasteiger partial charge >= 0.3 is 5.97 Å². The van der Waals surface area contributed by atoms with Gasteiger partial charge in [0.1, 0.15) is 11.3 Å². The monoisotopic (exact) mass is 610 g/mol. The molecule has 0 amide bonds. The van der Waals surface area contributed by atoms with Gasteiger partial charge in [-0.2, -0.15) is 0 Å². The molecule has 0 radical (unpaired) electrons. The molecule has 14 heteroatoms. The fourth-order valence-electron chi connectivity index (χ4n) is 6.60. The van der Waals surface area contributed by atoms with E-state index in [9.17, 15) is 22.7 Å². The third-order valence-electron chi connectivity index (χ3n) is 8.63. The van der Waals surface area contributed by atoms with Crippen LogP contribution in [0.1, 0.15) is 24.8 Å². The number of anilines is 1. The van der Waals surface area contributed by atoms with Gasteiger partial charge < -0.3 is 10.4 Å². The van der Waals surface area contributed by atoms with Crippen LogP contribution >= 0.6 is 0 Å². The summed E-state index contributed by atoms with van der Waals surface area (Å²) in [6.45, 7) is 1.82. The summed E-state index contributed by atoms with van der Waals surface area (Å²) in [5, 5.41) is 17.6. The van der Waals surface area contributed by atoms with E-state index in [1.54, 1.807) is 30.5 Å². The zero-order valence-electron chi connectivity index (χ0n) is 22.7. The molecule has 2 bridgehead atoms. The zero-order valence-corrected chi connectivity index (χ0v) is 23.5. The molecule has 222 valence electrons. The average Bonchev–Trinajstić information content (AvgIpc) is 3.58. The molecular weight excluding hydrogens is 585 g/mol. The molecule has 0 saturated heterocycles. The Balaban J connectivity index is 1.38. The number of hydrogen-bond acceptors (Lipinski definition) is 7. The summed E-state index contributed by atoms with van der Waals surface area (Å²) in [4.78, 5) is 20.9. The summed E-state index contributed by atoms with van der Waals surface area (Å²) in [5.74, 6) is -7.82. The third kappa shape index (κ3) is 4.34. The lowest BCUT2D eigenvalue weighted by molar-refractivity contribution is -0.175. The number of nitrogens with one attached hydrogen (secondary N) is 1. The lowest BCUT2D eigenvalue weighted by Gasteiger charge is -2.50. The summed E-state index contributed by atoms with van der Waals surface area (Å²) >= 11 is 0. The van der Waals surface area contributed by atoms with Crippen molar-refractivity contribution in [3.63, 3.8) is 0 Å². The summed E-state index contributed by atoms with van der Waals surface area (Å²) in [6.07, 6.45) is 3.83. The van der Waals surface area contributed by atoms with E-state index in [1.807, 2.05) is 6.92 Å². The zero-order chi connectivity index (χ0) is 30.3. The molecule has 4 heterocycles. The minimum Gasteiger partial charge on any atom is -0.481 e. The minimum atomic E-state index is -4.18. The maximum Gasteiger partial charge on any atom is 0.308 e. The lowest BCUT2D eigenvalue weighted by atomic mass is 9.60. The van der Waals surface area contributed by atoms with Crippen molar-refractivity contribution in [2.75, 3.05) is 5.32 Å². The highest BCUT2D eigenvalue weighted by Crippen LogP contribution is 2.54. The molecule has 2 N–H and O–H groups in total. The van der Waals surface area contributed by atoms with Gasteiger partial charge in [0, 0.05) is 41.7 Å². The SMILES string of the molecule is Cc1ccc(S(=O)(=O)n2cc(-c3nc(N[C@@H]4[C@@H](C(=O)O)[C@H]5CC[C@@H]4C(F)(F)C5)c4cccn4n3)c3cc(F)cnc32)cc1. The summed E-state index contributed by atoms with van der Waals surface area (Å²) < 4.78 is 74.2. The lowest BCUT2D eigenvalue weighted by Crippen LogP contribution is -2.59. The van der Waals surface area contributed by atoms with Gasteiger partial charge in [-0.05, 0) is 56.0 Å². The van der Waals surface area contributed by atoms with Crippen LogP contribution in [0.3, 0.4) is 0 Å². The Kier molecular flexibility index (Phi) is 6.06. The molecule has 5 aromatic rings.